The number of pyridine rings is 1. The highest BCUT2D eigenvalue weighted by Gasteiger charge is 2.72. The molecule has 28 heavy (non-hydrogen) atoms. The van der Waals surface area contributed by atoms with Crippen molar-refractivity contribution in [3.63, 3.8) is 0 Å². The number of nitrogens with zero attached hydrogens (tertiary/aromatic N) is 2. The lowest BCUT2D eigenvalue weighted by Crippen LogP contribution is -2.52. The molecule has 1 aliphatic heterocycles. The summed E-state index contributed by atoms with van der Waals surface area (Å²) < 4.78 is 0. The molecule has 1 aromatic carbocycles. The first-order valence-corrected chi connectivity index (χ1v) is 10.2. The zero-order valence-corrected chi connectivity index (χ0v) is 17.1. The van der Waals surface area contributed by atoms with E-state index in [1.54, 1.807) is 0 Å². The molecule has 0 spiro atoms. The Balaban J connectivity index is 1.47. The summed E-state index contributed by atoms with van der Waals surface area (Å²) in [6.45, 7) is 9.00. The predicted molar refractivity (Wildman–Crippen MR) is 109 cm³/mol. The minimum atomic E-state index is -0.616. The second-order valence-electron chi connectivity index (χ2n) is 9.65. The average Bonchev–Trinajstić information content (AvgIpc) is 3.17. The van der Waals surface area contributed by atoms with Gasteiger partial charge in [-0.3, -0.25) is 20.0 Å². The number of carbonyl (C=O) groups excluding carboxylic acids is 2. The molecular formula is C23H27N3O2. The molecule has 1 amide bonds. The fraction of sp³-hybridized carbons (Fsp3) is 0.522. The van der Waals surface area contributed by atoms with Crippen molar-refractivity contribution in [2.24, 2.45) is 16.2 Å². The van der Waals surface area contributed by atoms with Crippen LogP contribution in [-0.4, -0.2) is 23.2 Å². The largest absolute Gasteiger partial charge is 0.299 e. The predicted octanol–water partition coefficient (Wildman–Crippen LogP) is 3.72. The molecule has 1 N–H and O–H groups in total. The first-order valence-electron chi connectivity index (χ1n) is 10.2. The monoisotopic (exact) mass is 377 g/mol. The van der Waals surface area contributed by atoms with Crippen LogP contribution in [0.25, 0.3) is 10.9 Å². The van der Waals surface area contributed by atoms with E-state index >= 15 is 0 Å². The molecule has 5 heteroatoms. The van der Waals surface area contributed by atoms with Gasteiger partial charge in [0, 0.05) is 23.8 Å². The van der Waals surface area contributed by atoms with Crippen molar-refractivity contribution < 1.29 is 9.59 Å². The van der Waals surface area contributed by atoms with E-state index in [1.165, 1.54) is 5.56 Å². The lowest BCUT2D eigenvalue weighted by atomic mass is 9.64. The number of hydrogen-bond donors (Lipinski definition) is 1. The quantitative estimate of drug-likeness (QED) is 0.866. The number of hydrogen-bond acceptors (Lipinski definition) is 4. The Morgan fingerprint density at radius 2 is 1.96 bits per heavy atom. The van der Waals surface area contributed by atoms with Crippen LogP contribution in [0.3, 0.4) is 0 Å². The number of anilines is 1. The third kappa shape index (κ3) is 2.00. The van der Waals surface area contributed by atoms with E-state index < -0.39 is 5.41 Å². The number of carbonyl (C=O) groups is 2. The molecule has 0 unspecified atom stereocenters. The Labute approximate surface area is 165 Å². The van der Waals surface area contributed by atoms with Crippen LogP contribution in [0.2, 0.25) is 0 Å². The van der Waals surface area contributed by atoms with Crippen LogP contribution < -0.4 is 10.4 Å². The van der Waals surface area contributed by atoms with E-state index in [2.05, 4.69) is 50.5 Å². The number of fused-ring (bicyclic) bond motifs is 4. The second kappa shape index (κ2) is 5.34. The van der Waals surface area contributed by atoms with Gasteiger partial charge >= 0.3 is 0 Å². The summed E-state index contributed by atoms with van der Waals surface area (Å²) in [5, 5.41) is 3.02. The maximum Gasteiger partial charge on any atom is 0.245 e. The summed E-state index contributed by atoms with van der Waals surface area (Å²) in [5.41, 5.74) is 5.08. The molecule has 2 fully saturated rings. The molecule has 0 saturated heterocycles. The fourth-order valence-electron chi connectivity index (χ4n) is 5.77. The molecular weight excluding hydrogens is 350 g/mol. The van der Waals surface area contributed by atoms with Gasteiger partial charge in [0.1, 0.15) is 5.78 Å². The summed E-state index contributed by atoms with van der Waals surface area (Å²) in [6, 6.07) is 8.45. The molecule has 2 aliphatic carbocycles. The van der Waals surface area contributed by atoms with E-state index in [9.17, 15) is 9.59 Å². The van der Waals surface area contributed by atoms with Crippen molar-refractivity contribution in [2.45, 2.75) is 53.4 Å². The van der Waals surface area contributed by atoms with Gasteiger partial charge in [-0.1, -0.05) is 32.9 Å². The van der Waals surface area contributed by atoms with Crippen LogP contribution >= 0.6 is 0 Å². The van der Waals surface area contributed by atoms with E-state index in [0.29, 0.717) is 13.0 Å². The van der Waals surface area contributed by atoms with Crippen molar-refractivity contribution in [1.82, 2.24) is 10.4 Å². The van der Waals surface area contributed by atoms with E-state index in [4.69, 9.17) is 4.98 Å². The highest BCUT2D eigenvalue weighted by atomic mass is 16.2. The Kier molecular flexibility index (Phi) is 3.37. The lowest BCUT2D eigenvalue weighted by molar-refractivity contribution is -0.136. The third-order valence-corrected chi connectivity index (χ3v) is 8.27. The zero-order chi connectivity index (χ0) is 19.9. The van der Waals surface area contributed by atoms with Crippen LogP contribution in [0.4, 0.5) is 5.82 Å². The Morgan fingerprint density at radius 3 is 2.64 bits per heavy atom. The second-order valence-corrected chi connectivity index (χ2v) is 9.65. The van der Waals surface area contributed by atoms with Gasteiger partial charge in [0.2, 0.25) is 5.91 Å². The molecule has 2 saturated carbocycles. The van der Waals surface area contributed by atoms with Crippen molar-refractivity contribution in [3.05, 3.63) is 35.4 Å². The number of aromatic nitrogens is 1. The standard InChI is InChI=1S/C23H27N3O2/c1-14-5-6-15-12-16-7-10-26(19(16)24-17(15)11-14)25-20(28)23-9-8-22(4,18(27)13-23)21(23,2)3/h5-6,11-12H,7-10,13H2,1-4H3,(H,25,28)/t22-,23+/m1/s1. The van der Waals surface area contributed by atoms with Gasteiger partial charge in [-0.2, -0.15) is 0 Å². The topological polar surface area (TPSA) is 62.3 Å². The number of nitrogens with one attached hydrogen (secondary N) is 1. The number of ketones is 1. The van der Waals surface area contributed by atoms with E-state index in [1.807, 2.05) is 11.9 Å². The Bertz CT molecular complexity index is 1040. The van der Waals surface area contributed by atoms with Gasteiger partial charge in [-0.15, -0.1) is 0 Å². The number of amides is 1. The molecule has 1 aromatic heterocycles. The number of hydrazine groups is 1. The molecule has 5 rings (SSSR count). The van der Waals surface area contributed by atoms with Gasteiger partial charge in [0.25, 0.3) is 0 Å². The normalized spacial score (nSPS) is 30.1. The van der Waals surface area contributed by atoms with Gasteiger partial charge < -0.3 is 0 Å². The van der Waals surface area contributed by atoms with Crippen LogP contribution in [0.5, 0.6) is 0 Å². The van der Waals surface area contributed by atoms with Crippen LogP contribution in [0, 0.1) is 23.2 Å². The summed E-state index contributed by atoms with van der Waals surface area (Å²) in [6.07, 6.45) is 2.79. The highest BCUT2D eigenvalue weighted by molar-refractivity contribution is 6.00. The third-order valence-electron chi connectivity index (χ3n) is 8.27. The molecule has 2 atom stereocenters. The maximum atomic E-state index is 13.5. The summed E-state index contributed by atoms with van der Waals surface area (Å²) in [7, 11) is 0. The van der Waals surface area contributed by atoms with Crippen molar-refractivity contribution in [2.75, 3.05) is 11.6 Å². The molecule has 3 aliphatic rings. The number of aryl methyl sites for hydroxylation is 1. The van der Waals surface area contributed by atoms with Crippen LogP contribution in [-0.2, 0) is 16.0 Å². The number of Topliss-reactive ketones (excluding diaryl/α,β-unsaturated/α-hetero) is 1. The SMILES string of the molecule is Cc1ccc2cc3c(nc2c1)N(NC(=O)[C@]12CC[C@](C)(C(=O)C1)C2(C)C)CC3. The van der Waals surface area contributed by atoms with Crippen molar-refractivity contribution in [3.8, 4) is 0 Å². The molecule has 146 valence electrons. The fourth-order valence-corrected chi connectivity index (χ4v) is 5.77. The molecule has 2 heterocycles. The maximum absolute atomic E-state index is 13.5. The number of benzene rings is 1. The lowest BCUT2D eigenvalue weighted by Gasteiger charge is -2.39. The highest BCUT2D eigenvalue weighted by Crippen LogP contribution is 2.70. The molecule has 2 bridgehead atoms. The average molecular weight is 377 g/mol. The molecule has 0 radical (unpaired) electrons. The van der Waals surface area contributed by atoms with Gasteiger partial charge in [0.05, 0.1) is 10.9 Å². The summed E-state index contributed by atoms with van der Waals surface area (Å²) in [5.74, 6) is 1.05. The zero-order valence-electron chi connectivity index (χ0n) is 17.1. The Morgan fingerprint density at radius 1 is 1.18 bits per heavy atom. The Hall–Kier alpha value is -2.43. The first-order chi connectivity index (χ1) is 13.2. The molecule has 2 aromatic rings. The van der Waals surface area contributed by atoms with Crippen LogP contribution in [0.1, 0.15) is 51.2 Å². The van der Waals surface area contributed by atoms with Crippen LogP contribution in [0.15, 0.2) is 24.3 Å². The van der Waals surface area contributed by atoms with Gasteiger partial charge in [-0.25, -0.2) is 4.98 Å². The van der Waals surface area contributed by atoms with Gasteiger partial charge in [-0.05, 0) is 54.9 Å². The van der Waals surface area contributed by atoms with Gasteiger partial charge in [0.15, 0.2) is 5.82 Å². The number of rotatable bonds is 2. The minimum Gasteiger partial charge on any atom is -0.299 e. The van der Waals surface area contributed by atoms with Crippen molar-refractivity contribution in [1.29, 1.82) is 0 Å². The summed E-state index contributed by atoms with van der Waals surface area (Å²) in [4.78, 5) is 31.0. The first kappa shape index (κ1) is 17.7. The smallest absolute Gasteiger partial charge is 0.245 e. The molecule has 5 nitrogen and oxygen atoms in total. The minimum absolute atomic E-state index is 0.0222. The van der Waals surface area contributed by atoms with E-state index in [-0.39, 0.29) is 22.5 Å². The van der Waals surface area contributed by atoms with E-state index in [0.717, 1.165) is 41.5 Å². The van der Waals surface area contributed by atoms with Crippen molar-refractivity contribution >= 4 is 28.4 Å². The summed E-state index contributed by atoms with van der Waals surface area (Å²) >= 11 is 0.